The van der Waals surface area contributed by atoms with Gasteiger partial charge >= 0.3 is 5.97 Å². The molecule has 5 nitrogen and oxygen atoms in total. The minimum absolute atomic E-state index is 0.0542. The Labute approximate surface area is 149 Å². The SMILES string of the molecule is CCc1ccc(OCC(=O)OCC(=O)Nc2ccc(F)cc2Cl)cc1. The lowest BCUT2D eigenvalue weighted by Gasteiger charge is -2.09. The van der Waals surface area contributed by atoms with Gasteiger partial charge < -0.3 is 14.8 Å². The lowest BCUT2D eigenvalue weighted by molar-refractivity contribution is -0.149. The van der Waals surface area contributed by atoms with Crippen LogP contribution in [0.4, 0.5) is 10.1 Å². The molecule has 0 spiro atoms. The van der Waals surface area contributed by atoms with Gasteiger partial charge in [0.1, 0.15) is 11.6 Å². The minimum Gasteiger partial charge on any atom is -0.482 e. The molecule has 0 fully saturated rings. The van der Waals surface area contributed by atoms with Gasteiger partial charge in [-0.2, -0.15) is 0 Å². The molecule has 2 aromatic carbocycles. The number of benzene rings is 2. The zero-order valence-corrected chi connectivity index (χ0v) is 14.3. The number of carbonyl (C=O) groups is 2. The molecule has 2 aromatic rings. The quantitative estimate of drug-likeness (QED) is 0.761. The van der Waals surface area contributed by atoms with Crippen LogP contribution in [0, 0.1) is 5.82 Å². The largest absolute Gasteiger partial charge is 0.482 e. The van der Waals surface area contributed by atoms with E-state index < -0.39 is 24.3 Å². The molecule has 1 N–H and O–H groups in total. The van der Waals surface area contributed by atoms with Gasteiger partial charge in [0.2, 0.25) is 0 Å². The summed E-state index contributed by atoms with van der Waals surface area (Å²) >= 11 is 5.79. The first kappa shape index (κ1) is 18.7. The van der Waals surface area contributed by atoms with E-state index in [1.54, 1.807) is 12.1 Å². The number of amides is 1. The highest BCUT2D eigenvalue weighted by atomic mass is 35.5. The van der Waals surface area contributed by atoms with E-state index in [1.807, 2.05) is 19.1 Å². The number of rotatable bonds is 7. The Hall–Kier alpha value is -2.60. The van der Waals surface area contributed by atoms with Crippen LogP contribution >= 0.6 is 11.6 Å². The third kappa shape index (κ3) is 6.08. The zero-order valence-electron chi connectivity index (χ0n) is 13.6. The first-order chi connectivity index (χ1) is 12.0. The maximum absolute atomic E-state index is 12.9. The number of hydrogen-bond acceptors (Lipinski definition) is 4. The van der Waals surface area contributed by atoms with Crippen LogP contribution in [0.15, 0.2) is 42.5 Å². The Morgan fingerprint density at radius 1 is 1.12 bits per heavy atom. The van der Waals surface area contributed by atoms with Crippen LogP contribution in [0.3, 0.4) is 0 Å². The van der Waals surface area contributed by atoms with Gasteiger partial charge in [-0.25, -0.2) is 9.18 Å². The second kappa shape index (κ2) is 9.03. The standard InChI is InChI=1S/C18H17ClFNO4/c1-2-12-3-6-14(7-4-12)24-11-18(23)25-10-17(22)21-16-8-5-13(20)9-15(16)19/h3-9H,2,10-11H2,1H3,(H,21,22). The van der Waals surface area contributed by atoms with Gasteiger partial charge in [0.25, 0.3) is 5.91 Å². The highest BCUT2D eigenvalue weighted by Gasteiger charge is 2.11. The second-order valence-corrected chi connectivity index (χ2v) is 5.53. The molecule has 132 valence electrons. The number of hydrogen-bond donors (Lipinski definition) is 1. The predicted molar refractivity (Wildman–Crippen MR) is 92.3 cm³/mol. The van der Waals surface area contributed by atoms with Gasteiger partial charge in [0.05, 0.1) is 10.7 Å². The smallest absolute Gasteiger partial charge is 0.344 e. The molecule has 2 rings (SSSR count). The molecule has 0 radical (unpaired) electrons. The topological polar surface area (TPSA) is 64.6 Å². The second-order valence-electron chi connectivity index (χ2n) is 5.12. The van der Waals surface area contributed by atoms with E-state index in [-0.39, 0.29) is 17.3 Å². The predicted octanol–water partition coefficient (Wildman–Crippen LogP) is 3.60. The van der Waals surface area contributed by atoms with Gasteiger partial charge in [-0.1, -0.05) is 30.7 Å². The minimum atomic E-state index is -0.681. The molecule has 0 atom stereocenters. The van der Waals surface area contributed by atoms with Gasteiger partial charge in [-0.05, 0) is 42.3 Å². The third-order valence-electron chi connectivity index (χ3n) is 3.26. The van der Waals surface area contributed by atoms with E-state index >= 15 is 0 Å². The fourth-order valence-corrected chi connectivity index (χ4v) is 2.14. The van der Waals surface area contributed by atoms with Crippen molar-refractivity contribution < 1.29 is 23.5 Å². The van der Waals surface area contributed by atoms with E-state index in [0.717, 1.165) is 24.1 Å². The van der Waals surface area contributed by atoms with Crippen LogP contribution in [0.1, 0.15) is 12.5 Å². The third-order valence-corrected chi connectivity index (χ3v) is 3.57. The summed E-state index contributed by atoms with van der Waals surface area (Å²) in [5.41, 5.74) is 1.39. The van der Waals surface area contributed by atoms with Crippen LogP contribution in [0.5, 0.6) is 5.75 Å². The summed E-state index contributed by atoms with van der Waals surface area (Å²) in [7, 11) is 0. The Bertz CT molecular complexity index is 749. The summed E-state index contributed by atoms with van der Waals surface area (Å²) in [6, 6.07) is 10.9. The summed E-state index contributed by atoms with van der Waals surface area (Å²) in [4.78, 5) is 23.3. The lowest BCUT2D eigenvalue weighted by Crippen LogP contribution is -2.23. The molecule has 25 heavy (non-hydrogen) atoms. The van der Waals surface area contributed by atoms with E-state index in [2.05, 4.69) is 5.32 Å². The number of nitrogens with one attached hydrogen (secondary N) is 1. The van der Waals surface area contributed by atoms with Crippen LogP contribution in [-0.2, 0) is 20.7 Å². The molecule has 0 aliphatic heterocycles. The molecule has 0 aliphatic rings. The first-order valence-electron chi connectivity index (χ1n) is 7.60. The number of ether oxygens (including phenoxy) is 2. The van der Waals surface area contributed by atoms with Gasteiger partial charge in [-0.15, -0.1) is 0 Å². The summed E-state index contributed by atoms with van der Waals surface area (Å²) < 4.78 is 23.0. The molecule has 1 amide bonds. The molecule has 0 aromatic heterocycles. The van der Waals surface area contributed by atoms with E-state index in [9.17, 15) is 14.0 Å². The van der Waals surface area contributed by atoms with Crippen molar-refractivity contribution in [3.8, 4) is 5.75 Å². The monoisotopic (exact) mass is 365 g/mol. The van der Waals surface area contributed by atoms with Crippen molar-refractivity contribution in [2.75, 3.05) is 18.5 Å². The average Bonchev–Trinajstić information content (AvgIpc) is 2.61. The molecule has 0 aliphatic carbocycles. The van der Waals surface area contributed by atoms with Crippen molar-refractivity contribution in [2.24, 2.45) is 0 Å². The average molecular weight is 366 g/mol. The molecular formula is C18H17ClFNO4. The molecule has 7 heteroatoms. The Balaban J connectivity index is 1.74. The normalized spacial score (nSPS) is 10.2. The summed E-state index contributed by atoms with van der Waals surface area (Å²) in [5, 5.41) is 2.48. The fraction of sp³-hybridized carbons (Fsp3) is 0.222. The summed E-state index contributed by atoms with van der Waals surface area (Å²) in [5.74, 6) is -1.25. The maximum atomic E-state index is 12.9. The van der Waals surface area contributed by atoms with Crippen molar-refractivity contribution in [2.45, 2.75) is 13.3 Å². The number of anilines is 1. The van der Waals surface area contributed by atoms with Crippen molar-refractivity contribution in [3.63, 3.8) is 0 Å². The first-order valence-corrected chi connectivity index (χ1v) is 7.98. The number of esters is 1. The van der Waals surface area contributed by atoms with Gasteiger partial charge in [0.15, 0.2) is 13.2 Å². The molecule has 0 saturated heterocycles. The molecule has 0 bridgehead atoms. The Morgan fingerprint density at radius 3 is 2.48 bits per heavy atom. The lowest BCUT2D eigenvalue weighted by atomic mass is 10.2. The highest BCUT2D eigenvalue weighted by molar-refractivity contribution is 6.33. The fourth-order valence-electron chi connectivity index (χ4n) is 1.93. The molecule has 0 unspecified atom stereocenters. The van der Waals surface area contributed by atoms with Crippen LogP contribution < -0.4 is 10.1 Å². The van der Waals surface area contributed by atoms with Crippen molar-refractivity contribution in [3.05, 3.63) is 58.9 Å². The Morgan fingerprint density at radius 2 is 1.84 bits per heavy atom. The zero-order chi connectivity index (χ0) is 18.2. The van der Waals surface area contributed by atoms with Crippen LogP contribution in [0.25, 0.3) is 0 Å². The molecular weight excluding hydrogens is 349 g/mol. The summed E-state index contributed by atoms with van der Waals surface area (Å²) in [6.07, 6.45) is 0.912. The highest BCUT2D eigenvalue weighted by Crippen LogP contribution is 2.22. The number of carbonyl (C=O) groups excluding carboxylic acids is 2. The maximum Gasteiger partial charge on any atom is 0.344 e. The Kier molecular flexibility index (Phi) is 6.77. The number of aryl methyl sites for hydroxylation is 1. The molecule has 0 heterocycles. The molecule has 0 saturated carbocycles. The van der Waals surface area contributed by atoms with Crippen LogP contribution in [0.2, 0.25) is 5.02 Å². The van der Waals surface area contributed by atoms with E-state index in [4.69, 9.17) is 21.1 Å². The van der Waals surface area contributed by atoms with Crippen molar-refractivity contribution in [1.82, 2.24) is 0 Å². The van der Waals surface area contributed by atoms with E-state index in [1.165, 1.54) is 6.07 Å². The van der Waals surface area contributed by atoms with E-state index in [0.29, 0.717) is 5.75 Å². The number of halogens is 2. The summed E-state index contributed by atoms with van der Waals surface area (Å²) in [6.45, 7) is 1.23. The van der Waals surface area contributed by atoms with Crippen LogP contribution in [-0.4, -0.2) is 25.1 Å². The van der Waals surface area contributed by atoms with Gasteiger partial charge in [0, 0.05) is 0 Å². The van der Waals surface area contributed by atoms with Gasteiger partial charge in [-0.3, -0.25) is 4.79 Å². The van der Waals surface area contributed by atoms with Crippen molar-refractivity contribution in [1.29, 1.82) is 0 Å². The van der Waals surface area contributed by atoms with Crippen molar-refractivity contribution >= 4 is 29.2 Å².